The predicted molar refractivity (Wildman–Crippen MR) is 300 cm³/mol. The van der Waals surface area contributed by atoms with Gasteiger partial charge in [0.2, 0.25) is 20.0 Å². The molecule has 0 heterocycles. The van der Waals surface area contributed by atoms with Crippen molar-refractivity contribution in [1.82, 2.24) is 15.4 Å². The lowest BCUT2D eigenvalue weighted by Gasteiger charge is -2.23. The van der Waals surface area contributed by atoms with Crippen LogP contribution in [-0.4, -0.2) is 134 Å². The fraction of sp³-hybridized carbons (Fsp3) is 0.642. The molecular weight excluding hydrogens is 1140 g/mol. The summed E-state index contributed by atoms with van der Waals surface area (Å²) in [6.07, 6.45) is 5.33. The number of benzene rings is 1. The normalized spacial score (nSPS) is 23.0. The minimum absolute atomic E-state index is 0. The third-order valence-electron chi connectivity index (χ3n) is 11.3. The van der Waals surface area contributed by atoms with E-state index in [9.17, 15) is 63.4 Å². The van der Waals surface area contributed by atoms with Crippen LogP contribution in [0.15, 0.2) is 67.1 Å². The van der Waals surface area contributed by atoms with Gasteiger partial charge in [0.25, 0.3) is 5.91 Å². The van der Waals surface area contributed by atoms with E-state index in [1.54, 1.807) is 101 Å². The molecule has 468 valence electrons. The zero-order chi connectivity index (χ0) is 63.3. The van der Waals surface area contributed by atoms with Crippen LogP contribution in [0.1, 0.15) is 141 Å². The number of nitrogens with one attached hydrogen (secondary N) is 3. The molecule has 0 aliphatic heterocycles. The number of amides is 3. The Bertz CT molecular complexity index is 2780. The SMILES string of the molecule is C.C=CC1C[C@]1(NC(=O)OC(C)(C)C)C(=O)NS(=O)(=O)C1CC1.C=CC1C[C@]1(NC(=O)OC(C)(C)C)C(=O)O.C=CC1C[C@]1([NH3+])C(=O)OC.CC(C)(C)OC(=O)OC(=O)OC(C)(C)C.Cc1ccc(S(=O)(=O)[O-])cc1.NS(=O)(=O)C1CC1. The minimum atomic E-state index is -4.27. The Morgan fingerprint density at radius 2 is 1.01 bits per heavy atom. The van der Waals surface area contributed by atoms with Crippen LogP contribution in [0.25, 0.3) is 0 Å². The Hall–Kier alpha value is -6.14. The highest BCUT2D eigenvalue weighted by Gasteiger charge is 2.63. The Morgan fingerprint density at radius 1 is 0.646 bits per heavy atom. The van der Waals surface area contributed by atoms with Gasteiger partial charge in [0.15, 0.2) is 5.54 Å². The van der Waals surface area contributed by atoms with Crippen LogP contribution in [0.3, 0.4) is 0 Å². The largest absolute Gasteiger partial charge is 0.744 e. The minimum Gasteiger partial charge on any atom is -0.744 e. The van der Waals surface area contributed by atoms with E-state index in [-0.39, 0.29) is 41.3 Å². The zero-order valence-corrected chi connectivity index (χ0v) is 51.1. The number of quaternary nitrogens is 1. The number of methoxy groups -OCH3 is 1. The number of aryl methyl sites for hydroxylation is 1. The third kappa shape index (κ3) is 27.3. The van der Waals surface area contributed by atoms with Crippen LogP contribution >= 0.6 is 0 Å². The average Bonchev–Trinajstić information content (AvgIpc) is 4.03. The van der Waals surface area contributed by atoms with Crippen molar-refractivity contribution in [3.8, 4) is 0 Å². The second kappa shape index (κ2) is 28.9. The fourth-order valence-electron chi connectivity index (χ4n) is 6.49. The van der Waals surface area contributed by atoms with Gasteiger partial charge < -0.3 is 54.4 Å². The number of carbonyl (C=O) groups excluding carboxylic acids is 6. The molecule has 0 aromatic heterocycles. The first-order valence-electron chi connectivity index (χ1n) is 25.3. The van der Waals surface area contributed by atoms with Gasteiger partial charge in [0.1, 0.15) is 43.6 Å². The summed E-state index contributed by atoms with van der Waals surface area (Å²) >= 11 is 0. The number of hydrogen-bond donors (Lipinski definition) is 6. The first kappa shape index (κ1) is 75.9. The van der Waals surface area contributed by atoms with Crippen LogP contribution in [0.4, 0.5) is 19.2 Å². The number of ether oxygens (including phenoxy) is 6. The number of primary sulfonamides is 1. The molecule has 1 aromatic carbocycles. The lowest BCUT2D eigenvalue weighted by Crippen LogP contribution is -2.69. The monoisotopic (exact) mass is 1230 g/mol. The molecule has 29 heteroatoms. The summed E-state index contributed by atoms with van der Waals surface area (Å²) in [4.78, 5) is 79.5. The maximum absolute atomic E-state index is 12.3. The van der Waals surface area contributed by atoms with Crippen molar-refractivity contribution in [1.29, 1.82) is 0 Å². The lowest BCUT2D eigenvalue weighted by atomic mass is 10.2. The molecule has 26 nitrogen and oxygen atoms in total. The van der Waals surface area contributed by atoms with E-state index >= 15 is 0 Å². The van der Waals surface area contributed by atoms with Gasteiger partial charge in [-0.25, -0.2) is 59.2 Å². The lowest BCUT2D eigenvalue weighted by molar-refractivity contribution is -0.428. The summed E-state index contributed by atoms with van der Waals surface area (Å²) in [6.45, 7) is 32.8. The topological polar surface area (TPSA) is 410 Å². The van der Waals surface area contributed by atoms with Crippen molar-refractivity contribution in [3.63, 3.8) is 0 Å². The molecule has 0 saturated heterocycles. The Balaban J connectivity index is 0.000000990. The number of carbonyl (C=O) groups is 7. The highest BCUT2D eigenvalue weighted by Crippen LogP contribution is 2.46. The van der Waals surface area contributed by atoms with E-state index in [2.05, 4.69) is 50.3 Å². The maximum Gasteiger partial charge on any atom is 0.519 e. The molecule has 0 bridgehead atoms. The highest BCUT2D eigenvalue weighted by molar-refractivity contribution is 7.91. The summed E-state index contributed by atoms with van der Waals surface area (Å²) in [5.41, 5.74) is -1.06. The standard InChI is InChI=1S/C14H22N2O5S.C11H17NO4.C10H18O5.C7H11NO2.C7H8O3S.C3H7NO2S.CH4/c1-5-9-8-14(9,15-12(18)21-13(2,3)4)11(17)16-22(19,20)10-6-7-10;1-5-7-6-11(7,8(13)14)12-9(15)16-10(2,3)4;1-9(2,3)14-7(11)13-8(12)15-10(4,5)6;1-3-5-4-7(5,8)6(9)10-2;1-6-2-4-7(5-3-6)11(8,9)10;4-7(5,6)3-1-2-3;/h5,9-10H,1,6-8H2,2-4H3,(H,15,18)(H,16,17);5,7H,1,6H2,2-4H3,(H,12,15)(H,13,14);1-6H3;3,5H,1,4,8H2,2H3;2-5H,1H3,(H,8,9,10);3H,1-2H2,(H2,4,5,6);1H4/t9?,14-;7?,11-;;5?,7-;;;/m11.1.../s1. The first-order valence-corrected chi connectivity index (χ1v) is 29.8. The smallest absolute Gasteiger partial charge is 0.519 e. The van der Waals surface area contributed by atoms with E-state index in [1.165, 1.54) is 31.4 Å². The van der Waals surface area contributed by atoms with Gasteiger partial charge in [0, 0.05) is 24.2 Å². The molecule has 82 heavy (non-hydrogen) atoms. The number of carboxylic acid groups (broad SMARTS) is 1. The number of hydrogen-bond acceptors (Lipinski definition) is 20. The van der Waals surface area contributed by atoms with Crippen molar-refractivity contribution >= 4 is 72.5 Å². The van der Waals surface area contributed by atoms with Gasteiger partial charge in [-0.2, -0.15) is 0 Å². The number of sulfonamides is 2. The van der Waals surface area contributed by atoms with Gasteiger partial charge >= 0.3 is 36.4 Å². The maximum atomic E-state index is 12.3. The zero-order valence-electron chi connectivity index (χ0n) is 48.6. The second-order valence-corrected chi connectivity index (χ2v) is 28.7. The van der Waals surface area contributed by atoms with Gasteiger partial charge in [-0.3, -0.25) is 9.52 Å². The molecule has 1 aromatic rings. The summed E-state index contributed by atoms with van der Waals surface area (Å²) < 4.78 is 106. The molecule has 3 amide bonds. The quantitative estimate of drug-likeness (QED) is 0.0473. The molecule has 0 spiro atoms. The van der Waals surface area contributed by atoms with E-state index in [4.69, 9.17) is 29.2 Å². The van der Waals surface area contributed by atoms with Crippen LogP contribution in [0.5, 0.6) is 0 Å². The third-order valence-corrected chi connectivity index (χ3v) is 15.4. The molecule has 5 aliphatic carbocycles. The van der Waals surface area contributed by atoms with Crippen molar-refractivity contribution in [2.24, 2.45) is 22.9 Å². The van der Waals surface area contributed by atoms with Crippen molar-refractivity contribution in [2.45, 2.75) is 197 Å². The number of carboxylic acids is 1. The molecule has 3 unspecified atom stereocenters. The average molecular weight is 1230 g/mol. The first-order chi connectivity index (χ1) is 36.5. The molecule has 5 aliphatic rings. The molecule has 5 fully saturated rings. The molecular formula is C53H87N5O21S3. The molecule has 9 N–H and O–H groups in total. The highest BCUT2D eigenvalue weighted by atomic mass is 32.2. The van der Waals surface area contributed by atoms with Gasteiger partial charge in [-0.15, -0.1) is 19.7 Å². The molecule has 5 saturated carbocycles. The van der Waals surface area contributed by atoms with Crippen LogP contribution in [-0.2, 0) is 73.0 Å². The summed E-state index contributed by atoms with van der Waals surface area (Å²) in [5, 5.41) is 17.9. The number of esters is 1. The number of aliphatic carboxylic acids is 1. The van der Waals surface area contributed by atoms with E-state index in [0.717, 1.165) is 24.8 Å². The van der Waals surface area contributed by atoms with Crippen molar-refractivity contribution in [2.75, 3.05) is 7.11 Å². The predicted octanol–water partition coefficient (Wildman–Crippen LogP) is 5.80. The van der Waals surface area contributed by atoms with Gasteiger partial charge in [0.05, 0.1) is 22.5 Å². The summed E-state index contributed by atoms with van der Waals surface area (Å²) in [5.74, 6) is -2.32. The number of nitrogens with two attached hydrogens (primary N) is 1. The van der Waals surface area contributed by atoms with E-state index < -0.39 is 111 Å². The number of rotatable bonds is 12. The van der Waals surface area contributed by atoms with Crippen LogP contribution in [0, 0.1) is 24.7 Å². The van der Waals surface area contributed by atoms with Gasteiger partial charge in [-0.05, 0) is 141 Å². The Labute approximate surface area is 483 Å². The van der Waals surface area contributed by atoms with Crippen LogP contribution in [0.2, 0.25) is 0 Å². The molecule has 0 radical (unpaired) electrons. The Morgan fingerprint density at radius 3 is 1.28 bits per heavy atom. The van der Waals surface area contributed by atoms with Crippen LogP contribution < -0.4 is 26.2 Å². The molecule has 6 rings (SSSR count). The second-order valence-electron chi connectivity index (χ2n) is 23.6. The van der Waals surface area contributed by atoms with E-state index in [0.29, 0.717) is 25.7 Å². The molecule has 6 atom stereocenters. The van der Waals surface area contributed by atoms with Crippen molar-refractivity contribution < 1.29 is 103 Å². The fourth-order valence-corrected chi connectivity index (χ4v) is 9.12. The number of alkyl carbamates (subject to hydrolysis) is 2. The summed E-state index contributed by atoms with van der Waals surface area (Å²) in [7, 11) is -9.67. The Kier molecular flexibility index (Phi) is 26.7. The van der Waals surface area contributed by atoms with Gasteiger partial charge in [-0.1, -0.05) is 43.4 Å². The van der Waals surface area contributed by atoms with Crippen molar-refractivity contribution in [3.05, 3.63) is 67.8 Å². The van der Waals surface area contributed by atoms with E-state index in [1.807, 2.05) is 6.92 Å². The summed E-state index contributed by atoms with van der Waals surface area (Å²) in [6, 6.07) is 5.78.